The lowest BCUT2D eigenvalue weighted by atomic mass is 9.87. The molecule has 0 aliphatic carbocycles. The fourth-order valence-electron chi connectivity index (χ4n) is 1.95. The third kappa shape index (κ3) is 2.44. The standard InChI is InChI=1S/C14H16O3/c1-14(2)9-17-12(13(14)16)8-11(15)10-6-4-3-5-7-10/h3-7,12H,8-9H2,1-2H3. The van der Waals surface area contributed by atoms with Gasteiger partial charge in [-0.3, -0.25) is 9.59 Å². The number of Topliss-reactive ketones (excluding diaryl/α,β-unsaturated/α-hetero) is 2. The van der Waals surface area contributed by atoms with E-state index < -0.39 is 11.5 Å². The van der Waals surface area contributed by atoms with Crippen LogP contribution in [0.1, 0.15) is 30.6 Å². The Balaban J connectivity index is 2.04. The second kappa shape index (κ2) is 4.41. The van der Waals surface area contributed by atoms with Gasteiger partial charge in [0.2, 0.25) is 0 Å². The van der Waals surface area contributed by atoms with Crippen LogP contribution in [0.5, 0.6) is 0 Å². The van der Waals surface area contributed by atoms with Crippen LogP contribution >= 0.6 is 0 Å². The van der Waals surface area contributed by atoms with E-state index in [9.17, 15) is 9.59 Å². The van der Waals surface area contributed by atoms with E-state index in [1.807, 2.05) is 32.0 Å². The van der Waals surface area contributed by atoms with E-state index in [1.165, 1.54) is 0 Å². The van der Waals surface area contributed by atoms with Crippen molar-refractivity contribution >= 4 is 11.6 Å². The Kier molecular flexibility index (Phi) is 3.11. The number of carbonyl (C=O) groups excluding carboxylic acids is 2. The van der Waals surface area contributed by atoms with E-state index in [-0.39, 0.29) is 18.0 Å². The quantitative estimate of drug-likeness (QED) is 0.751. The van der Waals surface area contributed by atoms with Crippen LogP contribution in [-0.2, 0) is 9.53 Å². The first-order valence-electron chi connectivity index (χ1n) is 5.75. The lowest BCUT2D eigenvalue weighted by Gasteiger charge is -2.12. The van der Waals surface area contributed by atoms with Crippen LogP contribution in [0.3, 0.4) is 0 Å². The molecule has 1 unspecified atom stereocenters. The average Bonchev–Trinajstić information content (AvgIpc) is 2.57. The van der Waals surface area contributed by atoms with Crippen molar-refractivity contribution in [3.05, 3.63) is 35.9 Å². The first kappa shape index (κ1) is 12.0. The van der Waals surface area contributed by atoms with E-state index in [0.29, 0.717) is 12.2 Å². The molecule has 1 heterocycles. The summed E-state index contributed by atoms with van der Waals surface area (Å²) in [4.78, 5) is 23.8. The van der Waals surface area contributed by atoms with Crippen LogP contribution in [0.25, 0.3) is 0 Å². The number of rotatable bonds is 3. The molecule has 1 aliphatic rings. The van der Waals surface area contributed by atoms with Gasteiger partial charge in [-0.25, -0.2) is 0 Å². The summed E-state index contributed by atoms with van der Waals surface area (Å²) in [7, 11) is 0. The molecule has 90 valence electrons. The third-order valence-electron chi connectivity index (χ3n) is 3.07. The molecule has 1 fully saturated rings. The van der Waals surface area contributed by atoms with Crippen molar-refractivity contribution < 1.29 is 14.3 Å². The summed E-state index contributed by atoms with van der Waals surface area (Å²) < 4.78 is 5.40. The Hall–Kier alpha value is -1.48. The summed E-state index contributed by atoms with van der Waals surface area (Å²) in [6.07, 6.45) is -0.426. The van der Waals surface area contributed by atoms with Crippen LogP contribution in [0.2, 0.25) is 0 Å². The van der Waals surface area contributed by atoms with Crippen LogP contribution < -0.4 is 0 Å². The highest BCUT2D eigenvalue weighted by Gasteiger charge is 2.42. The van der Waals surface area contributed by atoms with Crippen molar-refractivity contribution in [2.45, 2.75) is 26.4 Å². The second-order valence-electron chi connectivity index (χ2n) is 5.04. The fraction of sp³-hybridized carbons (Fsp3) is 0.429. The maximum atomic E-state index is 11.9. The zero-order valence-electron chi connectivity index (χ0n) is 10.1. The summed E-state index contributed by atoms with van der Waals surface area (Å²) in [5.41, 5.74) is 0.176. The Labute approximate surface area is 101 Å². The zero-order valence-corrected chi connectivity index (χ0v) is 10.1. The average molecular weight is 232 g/mol. The maximum Gasteiger partial charge on any atom is 0.169 e. The normalized spacial score (nSPS) is 22.7. The number of hydrogen-bond donors (Lipinski definition) is 0. The van der Waals surface area contributed by atoms with Crippen molar-refractivity contribution in [2.75, 3.05) is 6.61 Å². The Morgan fingerprint density at radius 1 is 1.35 bits per heavy atom. The SMILES string of the molecule is CC1(C)COC(CC(=O)c2ccccc2)C1=O. The molecular weight excluding hydrogens is 216 g/mol. The van der Waals surface area contributed by atoms with Gasteiger partial charge in [-0.15, -0.1) is 0 Å². The molecule has 2 rings (SSSR count). The number of ketones is 2. The monoisotopic (exact) mass is 232 g/mol. The van der Waals surface area contributed by atoms with E-state index in [2.05, 4.69) is 0 Å². The minimum absolute atomic E-state index is 0.0294. The van der Waals surface area contributed by atoms with Gasteiger partial charge in [-0.1, -0.05) is 44.2 Å². The fourth-order valence-corrected chi connectivity index (χ4v) is 1.95. The van der Waals surface area contributed by atoms with Gasteiger partial charge in [0.1, 0.15) is 6.10 Å². The zero-order chi connectivity index (χ0) is 12.5. The predicted octanol–water partition coefficient (Wildman–Crippen LogP) is 2.25. The first-order chi connectivity index (χ1) is 8.00. The molecule has 0 bridgehead atoms. The minimum atomic E-state index is -0.572. The topological polar surface area (TPSA) is 43.4 Å². The van der Waals surface area contributed by atoms with Crippen molar-refractivity contribution in [2.24, 2.45) is 5.41 Å². The molecule has 1 aromatic carbocycles. The largest absolute Gasteiger partial charge is 0.369 e. The van der Waals surface area contributed by atoms with Gasteiger partial charge in [-0.2, -0.15) is 0 Å². The highest BCUT2D eigenvalue weighted by molar-refractivity contribution is 6.01. The first-order valence-corrected chi connectivity index (χ1v) is 5.75. The summed E-state index contributed by atoms with van der Waals surface area (Å²) in [6.45, 7) is 4.10. The number of ether oxygens (including phenoxy) is 1. The number of hydrogen-bond acceptors (Lipinski definition) is 3. The molecule has 0 N–H and O–H groups in total. The highest BCUT2D eigenvalue weighted by Crippen LogP contribution is 2.29. The van der Waals surface area contributed by atoms with Gasteiger partial charge in [0, 0.05) is 17.4 Å². The van der Waals surface area contributed by atoms with Crippen LogP contribution in [0.15, 0.2) is 30.3 Å². The predicted molar refractivity (Wildman–Crippen MR) is 63.9 cm³/mol. The molecule has 17 heavy (non-hydrogen) atoms. The number of carbonyl (C=O) groups is 2. The van der Waals surface area contributed by atoms with Crippen LogP contribution in [0, 0.1) is 5.41 Å². The van der Waals surface area contributed by atoms with Crippen LogP contribution in [-0.4, -0.2) is 24.3 Å². The minimum Gasteiger partial charge on any atom is -0.369 e. The van der Waals surface area contributed by atoms with E-state index in [4.69, 9.17) is 4.74 Å². The van der Waals surface area contributed by atoms with Crippen LogP contribution in [0.4, 0.5) is 0 Å². The Morgan fingerprint density at radius 3 is 2.53 bits per heavy atom. The molecule has 1 aromatic rings. The molecular formula is C14H16O3. The second-order valence-corrected chi connectivity index (χ2v) is 5.04. The maximum absolute atomic E-state index is 11.9. The molecule has 3 nitrogen and oxygen atoms in total. The van der Waals surface area contributed by atoms with Gasteiger partial charge in [0.15, 0.2) is 11.6 Å². The summed E-state index contributed by atoms with van der Waals surface area (Å²) in [5, 5.41) is 0. The van der Waals surface area contributed by atoms with Gasteiger partial charge in [-0.05, 0) is 0 Å². The van der Waals surface area contributed by atoms with Gasteiger partial charge in [0.05, 0.1) is 6.61 Å². The molecule has 1 atom stereocenters. The molecule has 0 radical (unpaired) electrons. The third-order valence-corrected chi connectivity index (χ3v) is 3.07. The van der Waals surface area contributed by atoms with E-state index in [0.717, 1.165) is 0 Å². The van der Waals surface area contributed by atoms with Gasteiger partial charge < -0.3 is 4.74 Å². The van der Waals surface area contributed by atoms with Gasteiger partial charge in [0.25, 0.3) is 0 Å². The Morgan fingerprint density at radius 2 is 2.00 bits per heavy atom. The molecule has 0 amide bonds. The summed E-state index contributed by atoms with van der Waals surface area (Å²) in [5.74, 6) is -0.0107. The molecule has 1 aliphatic heterocycles. The van der Waals surface area contributed by atoms with Crippen molar-refractivity contribution in [3.63, 3.8) is 0 Å². The van der Waals surface area contributed by atoms with E-state index >= 15 is 0 Å². The number of benzene rings is 1. The summed E-state index contributed by atoms with van der Waals surface area (Å²) >= 11 is 0. The van der Waals surface area contributed by atoms with Crippen molar-refractivity contribution in [1.82, 2.24) is 0 Å². The lowest BCUT2D eigenvalue weighted by Crippen LogP contribution is -2.28. The molecule has 0 saturated carbocycles. The highest BCUT2D eigenvalue weighted by atomic mass is 16.5. The molecule has 3 heteroatoms. The lowest BCUT2D eigenvalue weighted by molar-refractivity contribution is -0.126. The smallest absolute Gasteiger partial charge is 0.169 e. The molecule has 0 aromatic heterocycles. The molecule has 1 saturated heterocycles. The van der Waals surface area contributed by atoms with Crippen molar-refractivity contribution in [3.8, 4) is 0 Å². The van der Waals surface area contributed by atoms with E-state index in [1.54, 1.807) is 12.1 Å². The van der Waals surface area contributed by atoms with Gasteiger partial charge >= 0.3 is 0 Å². The molecule has 0 spiro atoms. The Bertz CT molecular complexity index is 434. The summed E-state index contributed by atoms with van der Waals surface area (Å²) in [6, 6.07) is 9.00. The van der Waals surface area contributed by atoms with Crippen molar-refractivity contribution in [1.29, 1.82) is 0 Å².